The number of hydrogen-bond donors (Lipinski definition) is 0. The molecule has 1 aliphatic carbocycles. The number of rotatable bonds is 3. The van der Waals surface area contributed by atoms with E-state index in [2.05, 4.69) is 26.6 Å². The Labute approximate surface area is 133 Å². The monoisotopic (exact) mass is 349 g/mol. The zero-order valence-electron chi connectivity index (χ0n) is 12.3. The standard InChI is InChI=1S/C17H20BrNO2/c1-21-17(20)15-11-19(10-12-5-3-2-4-6-12)16-8-7-13(18)9-14(15)16/h7-9,11-12H,2-6,10H2,1H3. The first-order chi connectivity index (χ1) is 10.2. The molecule has 0 amide bonds. The summed E-state index contributed by atoms with van der Waals surface area (Å²) >= 11 is 3.48. The van der Waals surface area contributed by atoms with Crippen LogP contribution in [0.5, 0.6) is 0 Å². The first-order valence-corrected chi connectivity index (χ1v) is 8.35. The maximum absolute atomic E-state index is 12.0. The van der Waals surface area contributed by atoms with Crippen molar-refractivity contribution in [1.82, 2.24) is 4.57 Å². The van der Waals surface area contributed by atoms with Crippen LogP contribution in [-0.4, -0.2) is 17.6 Å². The molecule has 112 valence electrons. The fourth-order valence-corrected chi connectivity index (χ4v) is 3.70. The Kier molecular flexibility index (Phi) is 4.34. The number of carbonyl (C=O) groups is 1. The van der Waals surface area contributed by atoms with Gasteiger partial charge in [-0.1, -0.05) is 35.2 Å². The van der Waals surface area contributed by atoms with Gasteiger partial charge in [0, 0.05) is 28.1 Å². The summed E-state index contributed by atoms with van der Waals surface area (Å²) in [5, 5.41) is 0.965. The molecule has 0 aliphatic heterocycles. The smallest absolute Gasteiger partial charge is 0.340 e. The van der Waals surface area contributed by atoms with E-state index < -0.39 is 0 Å². The summed E-state index contributed by atoms with van der Waals surface area (Å²) in [6.45, 7) is 0.995. The average molecular weight is 350 g/mol. The van der Waals surface area contributed by atoms with Crippen molar-refractivity contribution in [2.45, 2.75) is 38.6 Å². The summed E-state index contributed by atoms with van der Waals surface area (Å²) < 4.78 is 8.13. The number of fused-ring (bicyclic) bond motifs is 1. The van der Waals surface area contributed by atoms with Crippen LogP contribution < -0.4 is 0 Å². The van der Waals surface area contributed by atoms with Gasteiger partial charge in [-0.15, -0.1) is 0 Å². The molecular formula is C17H20BrNO2. The molecule has 0 radical (unpaired) electrons. The Bertz CT molecular complexity index is 656. The summed E-state index contributed by atoms with van der Waals surface area (Å²) in [7, 11) is 1.44. The molecule has 1 aromatic heterocycles. The highest BCUT2D eigenvalue weighted by molar-refractivity contribution is 9.10. The van der Waals surface area contributed by atoms with E-state index >= 15 is 0 Å². The van der Waals surface area contributed by atoms with Crippen molar-refractivity contribution in [3.8, 4) is 0 Å². The summed E-state index contributed by atoms with van der Waals surface area (Å²) in [6.07, 6.45) is 8.58. The van der Waals surface area contributed by atoms with Crippen LogP contribution in [0, 0.1) is 5.92 Å². The van der Waals surface area contributed by atoms with Gasteiger partial charge in [0.25, 0.3) is 0 Å². The van der Waals surface area contributed by atoms with Crippen LogP contribution in [0.15, 0.2) is 28.9 Å². The number of carbonyl (C=O) groups excluding carboxylic acids is 1. The van der Waals surface area contributed by atoms with E-state index in [-0.39, 0.29) is 5.97 Å². The molecule has 21 heavy (non-hydrogen) atoms. The van der Waals surface area contributed by atoms with Crippen LogP contribution >= 0.6 is 15.9 Å². The van der Waals surface area contributed by atoms with Gasteiger partial charge in [-0.05, 0) is 37.0 Å². The molecule has 3 rings (SSSR count). The van der Waals surface area contributed by atoms with Crippen molar-refractivity contribution in [3.05, 3.63) is 34.4 Å². The molecule has 0 unspecified atom stereocenters. The van der Waals surface area contributed by atoms with Gasteiger partial charge in [-0.3, -0.25) is 0 Å². The van der Waals surface area contributed by atoms with Crippen LogP contribution in [0.3, 0.4) is 0 Å². The van der Waals surface area contributed by atoms with Crippen molar-refractivity contribution >= 4 is 32.8 Å². The van der Waals surface area contributed by atoms with Crippen LogP contribution in [0.4, 0.5) is 0 Å². The first kappa shape index (κ1) is 14.6. The van der Waals surface area contributed by atoms with Crippen molar-refractivity contribution in [1.29, 1.82) is 0 Å². The molecule has 4 heteroatoms. The van der Waals surface area contributed by atoms with Gasteiger partial charge >= 0.3 is 5.97 Å². The Hall–Kier alpha value is -1.29. The fourth-order valence-electron chi connectivity index (χ4n) is 3.34. The SMILES string of the molecule is COC(=O)c1cn(CC2CCCCC2)c2ccc(Br)cc12. The van der Waals surface area contributed by atoms with Crippen LogP contribution in [0.1, 0.15) is 42.5 Å². The molecule has 2 aromatic rings. The largest absolute Gasteiger partial charge is 0.465 e. The number of hydrogen-bond acceptors (Lipinski definition) is 2. The molecule has 0 N–H and O–H groups in total. The minimum atomic E-state index is -0.263. The van der Waals surface area contributed by atoms with Crippen molar-refractivity contribution < 1.29 is 9.53 Å². The quantitative estimate of drug-likeness (QED) is 0.747. The van der Waals surface area contributed by atoms with Gasteiger partial charge in [0.1, 0.15) is 0 Å². The summed E-state index contributed by atoms with van der Waals surface area (Å²) in [5.74, 6) is 0.462. The average Bonchev–Trinajstić information content (AvgIpc) is 2.85. The zero-order valence-corrected chi connectivity index (χ0v) is 13.9. The Morgan fingerprint density at radius 1 is 1.33 bits per heavy atom. The Morgan fingerprint density at radius 3 is 2.81 bits per heavy atom. The minimum Gasteiger partial charge on any atom is -0.465 e. The first-order valence-electron chi connectivity index (χ1n) is 7.55. The van der Waals surface area contributed by atoms with Gasteiger partial charge in [0.2, 0.25) is 0 Å². The lowest BCUT2D eigenvalue weighted by molar-refractivity contribution is 0.0602. The Morgan fingerprint density at radius 2 is 2.10 bits per heavy atom. The second-order valence-corrected chi connectivity index (χ2v) is 6.77. The highest BCUT2D eigenvalue weighted by Crippen LogP contribution is 2.30. The number of ether oxygens (including phenoxy) is 1. The van der Waals surface area contributed by atoms with Gasteiger partial charge in [0.15, 0.2) is 0 Å². The predicted molar refractivity (Wildman–Crippen MR) is 87.6 cm³/mol. The van der Waals surface area contributed by atoms with Gasteiger partial charge in [-0.25, -0.2) is 4.79 Å². The second kappa shape index (κ2) is 6.22. The Balaban J connectivity index is 1.99. The van der Waals surface area contributed by atoms with E-state index in [4.69, 9.17) is 4.74 Å². The predicted octanol–water partition coefficient (Wildman–Crippen LogP) is 4.77. The van der Waals surface area contributed by atoms with E-state index in [0.29, 0.717) is 5.56 Å². The highest BCUT2D eigenvalue weighted by atomic mass is 79.9. The van der Waals surface area contributed by atoms with E-state index in [0.717, 1.165) is 27.8 Å². The van der Waals surface area contributed by atoms with E-state index in [1.807, 2.05) is 18.3 Å². The minimum absolute atomic E-state index is 0.263. The van der Waals surface area contributed by atoms with Gasteiger partial charge in [0.05, 0.1) is 12.7 Å². The van der Waals surface area contributed by atoms with E-state index in [1.165, 1.54) is 39.2 Å². The van der Waals surface area contributed by atoms with Crippen LogP contribution in [-0.2, 0) is 11.3 Å². The molecule has 1 aliphatic rings. The lowest BCUT2D eigenvalue weighted by Crippen LogP contribution is -2.13. The fraction of sp³-hybridized carbons (Fsp3) is 0.471. The van der Waals surface area contributed by atoms with Crippen molar-refractivity contribution in [2.75, 3.05) is 7.11 Å². The number of methoxy groups -OCH3 is 1. The summed E-state index contributed by atoms with van der Waals surface area (Å²) in [5.41, 5.74) is 1.77. The summed E-state index contributed by atoms with van der Waals surface area (Å²) in [6, 6.07) is 6.11. The third-order valence-electron chi connectivity index (χ3n) is 4.43. The molecule has 1 aromatic carbocycles. The second-order valence-electron chi connectivity index (χ2n) is 5.85. The number of halogens is 1. The molecule has 0 saturated heterocycles. The molecule has 0 atom stereocenters. The lowest BCUT2D eigenvalue weighted by Gasteiger charge is -2.22. The number of aromatic nitrogens is 1. The third-order valence-corrected chi connectivity index (χ3v) is 4.92. The van der Waals surface area contributed by atoms with Crippen LogP contribution in [0.25, 0.3) is 10.9 Å². The molecule has 1 saturated carbocycles. The van der Waals surface area contributed by atoms with Crippen molar-refractivity contribution in [2.24, 2.45) is 5.92 Å². The lowest BCUT2D eigenvalue weighted by atomic mass is 9.89. The molecule has 1 heterocycles. The molecule has 1 fully saturated rings. The normalized spacial score (nSPS) is 16.3. The van der Waals surface area contributed by atoms with Crippen LogP contribution in [0.2, 0.25) is 0 Å². The van der Waals surface area contributed by atoms with E-state index in [1.54, 1.807) is 0 Å². The van der Waals surface area contributed by atoms with E-state index in [9.17, 15) is 4.79 Å². The maximum atomic E-state index is 12.0. The van der Waals surface area contributed by atoms with Gasteiger partial charge in [-0.2, -0.15) is 0 Å². The third kappa shape index (κ3) is 3.00. The number of benzene rings is 1. The topological polar surface area (TPSA) is 31.2 Å². The number of esters is 1. The molecule has 3 nitrogen and oxygen atoms in total. The molecule has 0 spiro atoms. The zero-order chi connectivity index (χ0) is 14.8. The van der Waals surface area contributed by atoms with Gasteiger partial charge < -0.3 is 9.30 Å². The highest BCUT2D eigenvalue weighted by Gasteiger charge is 2.19. The molecular weight excluding hydrogens is 330 g/mol. The number of nitrogens with zero attached hydrogens (tertiary/aromatic N) is 1. The summed E-state index contributed by atoms with van der Waals surface area (Å²) in [4.78, 5) is 12.0. The molecule has 0 bridgehead atoms. The maximum Gasteiger partial charge on any atom is 0.340 e. The van der Waals surface area contributed by atoms with Crippen molar-refractivity contribution in [3.63, 3.8) is 0 Å².